The van der Waals surface area contributed by atoms with Crippen molar-refractivity contribution in [3.63, 3.8) is 0 Å². The molecule has 0 saturated carbocycles. The van der Waals surface area contributed by atoms with Crippen LogP contribution in [0.4, 0.5) is 5.95 Å². The minimum absolute atomic E-state index is 0.143. The number of carbonyl (C=O) groups is 1. The van der Waals surface area contributed by atoms with Crippen molar-refractivity contribution in [1.82, 2.24) is 19.4 Å². The van der Waals surface area contributed by atoms with Gasteiger partial charge in [-0.05, 0) is 12.1 Å². The Morgan fingerprint density at radius 2 is 1.81 bits per heavy atom. The Hall–Kier alpha value is -3.42. The summed E-state index contributed by atoms with van der Waals surface area (Å²) >= 11 is 13.3. The van der Waals surface area contributed by atoms with Crippen molar-refractivity contribution in [2.75, 3.05) is 72.7 Å². The summed E-state index contributed by atoms with van der Waals surface area (Å²) in [5, 5.41) is 4.02. The molecule has 3 aromatic rings. The van der Waals surface area contributed by atoms with E-state index in [1.807, 2.05) is 0 Å². The summed E-state index contributed by atoms with van der Waals surface area (Å²) in [5.41, 5.74) is 0.486. The molecule has 226 valence electrons. The van der Waals surface area contributed by atoms with Crippen LogP contribution in [0.2, 0.25) is 10.0 Å². The van der Waals surface area contributed by atoms with Crippen molar-refractivity contribution in [1.29, 1.82) is 0 Å². The fourth-order valence-electron chi connectivity index (χ4n) is 4.40. The highest BCUT2D eigenvalue weighted by atomic mass is 35.5. The van der Waals surface area contributed by atoms with Crippen LogP contribution in [0.5, 0.6) is 11.5 Å². The third-order valence-corrected chi connectivity index (χ3v) is 7.38. The van der Waals surface area contributed by atoms with Crippen LogP contribution in [0.25, 0.3) is 22.2 Å². The minimum Gasteiger partial charge on any atom is -0.495 e. The summed E-state index contributed by atoms with van der Waals surface area (Å²) in [4.78, 5) is 36.4. The average molecular weight is 623 g/mol. The summed E-state index contributed by atoms with van der Waals surface area (Å²) in [7, 11) is 4.53. The molecule has 0 spiro atoms. The largest absolute Gasteiger partial charge is 0.495 e. The Morgan fingerprint density at radius 3 is 2.45 bits per heavy atom. The van der Waals surface area contributed by atoms with Gasteiger partial charge in [-0.25, -0.2) is 4.98 Å². The summed E-state index contributed by atoms with van der Waals surface area (Å²) in [6, 6.07) is 3.20. The number of nitrogens with zero attached hydrogens (tertiary/aromatic N) is 4. The number of carbonyl (C=O) groups excluding carboxylic acids is 1. The Labute approximate surface area is 253 Å². The van der Waals surface area contributed by atoms with E-state index in [0.29, 0.717) is 67.9 Å². The molecule has 1 aliphatic rings. The fraction of sp³-hybridized carbons (Fsp3) is 0.429. The van der Waals surface area contributed by atoms with E-state index in [2.05, 4.69) is 21.9 Å². The quantitative estimate of drug-likeness (QED) is 0.199. The van der Waals surface area contributed by atoms with Crippen molar-refractivity contribution >= 4 is 46.1 Å². The molecule has 1 N–H and O–H groups in total. The number of anilines is 1. The van der Waals surface area contributed by atoms with Gasteiger partial charge in [-0.3, -0.25) is 14.2 Å². The van der Waals surface area contributed by atoms with Crippen LogP contribution in [0.15, 0.2) is 35.8 Å². The maximum Gasteiger partial charge on any atom is 0.260 e. The minimum atomic E-state index is -0.394. The van der Waals surface area contributed by atoms with Crippen LogP contribution in [0, 0.1) is 0 Å². The highest BCUT2D eigenvalue weighted by molar-refractivity contribution is 6.41. The van der Waals surface area contributed by atoms with Crippen LogP contribution in [-0.2, 0) is 25.5 Å². The van der Waals surface area contributed by atoms with Gasteiger partial charge in [0.25, 0.3) is 5.56 Å². The molecule has 14 heteroatoms. The van der Waals surface area contributed by atoms with Gasteiger partial charge in [0.1, 0.15) is 17.1 Å². The molecule has 0 unspecified atom stereocenters. The Kier molecular flexibility index (Phi) is 11.0. The number of benzene rings is 1. The molecule has 3 heterocycles. The molecule has 0 atom stereocenters. The number of methoxy groups -OCH3 is 3. The fourth-order valence-corrected chi connectivity index (χ4v) is 5.10. The zero-order valence-corrected chi connectivity index (χ0v) is 25.2. The van der Waals surface area contributed by atoms with Crippen molar-refractivity contribution in [3.05, 3.63) is 51.4 Å². The first-order valence-electron chi connectivity index (χ1n) is 13.2. The molecular weight excluding hydrogens is 589 g/mol. The van der Waals surface area contributed by atoms with Crippen LogP contribution >= 0.6 is 23.2 Å². The van der Waals surface area contributed by atoms with Gasteiger partial charge in [-0.15, -0.1) is 0 Å². The van der Waals surface area contributed by atoms with Crippen LogP contribution in [0.3, 0.4) is 0 Å². The number of aromatic nitrogens is 3. The number of hydrogen-bond donors (Lipinski definition) is 1. The van der Waals surface area contributed by atoms with E-state index in [1.165, 1.54) is 24.9 Å². The van der Waals surface area contributed by atoms with E-state index in [1.54, 1.807) is 30.3 Å². The molecule has 1 aromatic carbocycles. The molecule has 2 aromatic heterocycles. The summed E-state index contributed by atoms with van der Waals surface area (Å²) < 4.78 is 28.7. The Morgan fingerprint density at radius 1 is 1.10 bits per heavy atom. The third kappa shape index (κ3) is 6.96. The third-order valence-electron chi connectivity index (χ3n) is 6.63. The molecule has 4 rings (SSSR count). The lowest BCUT2D eigenvalue weighted by molar-refractivity contribution is -0.139. The van der Waals surface area contributed by atoms with Gasteiger partial charge in [0.2, 0.25) is 11.9 Å². The van der Waals surface area contributed by atoms with E-state index in [-0.39, 0.29) is 46.3 Å². The zero-order valence-electron chi connectivity index (χ0n) is 23.7. The Balaban J connectivity index is 1.67. The molecule has 0 bridgehead atoms. The molecule has 0 radical (unpaired) electrons. The van der Waals surface area contributed by atoms with E-state index in [0.717, 1.165) is 0 Å². The second-order valence-electron chi connectivity index (χ2n) is 9.24. The number of ether oxygens (including phenoxy) is 5. The van der Waals surface area contributed by atoms with E-state index in [9.17, 15) is 9.59 Å². The molecule has 42 heavy (non-hydrogen) atoms. The van der Waals surface area contributed by atoms with E-state index in [4.69, 9.17) is 46.9 Å². The van der Waals surface area contributed by atoms with Crippen LogP contribution in [-0.4, -0.2) is 98.8 Å². The first kappa shape index (κ1) is 31.5. The molecule has 1 saturated heterocycles. The van der Waals surface area contributed by atoms with Crippen molar-refractivity contribution in [2.24, 2.45) is 0 Å². The predicted molar refractivity (Wildman–Crippen MR) is 160 cm³/mol. The van der Waals surface area contributed by atoms with Crippen molar-refractivity contribution in [2.45, 2.75) is 12.6 Å². The van der Waals surface area contributed by atoms with Gasteiger partial charge in [-0.1, -0.05) is 29.8 Å². The molecule has 0 aliphatic carbocycles. The molecule has 1 aliphatic heterocycles. The predicted octanol–water partition coefficient (Wildman–Crippen LogP) is 3.27. The number of nitrogens with one attached hydrogen (secondary N) is 1. The van der Waals surface area contributed by atoms with Gasteiger partial charge in [0.05, 0.1) is 68.9 Å². The molecule has 1 fully saturated rings. The smallest absolute Gasteiger partial charge is 0.260 e. The first-order chi connectivity index (χ1) is 20.3. The normalized spacial score (nSPS) is 13.2. The zero-order chi connectivity index (χ0) is 30.2. The monoisotopic (exact) mass is 621 g/mol. The number of likely N-dealkylation sites (tertiary alicyclic amines) is 1. The summed E-state index contributed by atoms with van der Waals surface area (Å²) in [5.74, 6) is 0.785. The topological polar surface area (TPSA) is 126 Å². The maximum absolute atomic E-state index is 14.0. The second-order valence-corrected chi connectivity index (χ2v) is 10.00. The van der Waals surface area contributed by atoms with E-state index >= 15 is 0 Å². The summed E-state index contributed by atoms with van der Waals surface area (Å²) in [6.45, 7) is 6.63. The van der Waals surface area contributed by atoms with Gasteiger partial charge in [0, 0.05) is 50.0 Å². The van der Waals surface area contributed by atoms with Crippen molar-refractivity contribution < 1.29 is 28.5 Å². The number of hydrogen-bond acceptors (Lipinski definition) is 10. The number of halogens is 2. The van der Waals surface area contributed by atoms with E-state index < -0.39 is 5.56 Å². The standard InChI is InChI=1S/C28H33Cl2N5O7/c1-5-22(36)34-15-18(16-34)42-9-7-35-26-17(14-32-28(33-26)31-6-8-41-11-10-38-2)12-19(27(35)37)23-24(29)20(39-3)13-21(40-4)25(23)30/h5,12-14,18H,1,6-11,15-16H2,2-4H3,(H,31,32,33). The van der Waals surface area contributed by atoms with Crippen molar-refractivity contribution in [3.8, 4) is 22.6 Å². The highest BCUT2D eigenvalue weighted by Crippen LogP contribution is 2.45. The van der Waals surface area contributed by atoms with Gasteiger partial charge >= 0.3 is 0 Å². The Bertz CT molecular complexity index is 1470. The van der Waals surface area contributed by atoms with Crippen LogP contribution < -0.4 is 20.3 Å². The highest BCUT2D eigenvalue weighted by Gasteiger charge is 2.30. The lowest BCUT2D eigenvalue weighted by atomic mass is 10.0. The number of pyridine rings is 1. The lowest BCUT2D eigenvalue weighted by Crippen LogP contribution is -2.54. The summed E-state index contributed by atoms with van der Waals surface area (Å²) in [6.07, 6.45) is 2.74. The SMILES string of the molecule is C=CC(=O)N1CC(OCCn2c(=O)c(-c3c(Cl)c(OC)cc(OC)c3Cl)cc3cnc(NCCOCCOC)nc32)C1. The number of amides is 1. The average Bonchev–Trinajstić information content (AvgIpc) is 2.97. The van der Waals surface area contributed by atoms with Gasteiger partial charge < -0.3 is 33.9 Å². The first-order valence-corrected chi connectivity index (χ1v) is 13.9. The van der Waals surface area contributed by atoms with Gasteiger partial charge in [0.15, 0.2) is 0 Å². The maximum atomic E-state index is 14.0. The van der Waals surface area contributed by atoms with Crippen LogP contribution in [0.1, 0.15) is 0 Å². The number of rotatable bonds is 15. The molecule has 12 nitrogen and oxygen atoms in total. The second kappa shape index (κ2) is 14.7. The number of fused-ring (bicyclic) bond motifs is 1. The molecular formula is C28H33Cl2N5O7. The lowest BCUT2D eigenvalue weighted by Gasteiger charge is -2.38. The molecule has 1 amide bonds. The van der Waals surface area contributed by atoms with Gasteiger partial charge in [-0.2, -0.15) is 4.98 Å².